The molecule has 2 N–H and O–H groups in total. The van der Waals surface area contributed by atoms with Crippen molar-refractivity contribution in [2.24, 2.45) is 0 Å². The molecular formula is C16H11N3O4. The summed E-state index contributed by atoms with van der Waals surface area (Å²) in [4.78, 5) is 27.7. The molecule has 0 atom stereocenters. The van der Waals surface area contributed by atoms with Gasteiger partial charge >= 0.3 is 5.97 Å². The first-order chi connectivity index (χ1) is 11.2. The van der Waals surface area contributed by atoms with E-state index in [1.807, 2.05) is 0 Å². The van der Waals surface area contributed by atoms with E-state index in [1.54, 1.807) is 48.5 Å². The number of aromatic nitrogens is 2. The summed E-state index contributed by atoms with van der Waals surface area (Å²) in [6.45, 7) is 0. The van der Waals surface area contributed by atoms with Crippen molar-refractivity contribution in [3.8, 4) is 11.4 Å². The van der Waals surface area contributed by atoms with E-state index in [2.05, 4.69) is 15.5 Å². The third kappa shape index (κ3) is 2.93. The van der Waals surface area contributed by atoms with Crippen molar-refractivity contribution in [1.29, 1.82) is 0 Å². The fourth-order valence-corrected chi connectivity index (χ4v) is 2.02. The van der Waals surface area contributed by atoms with Crippen molar-refractivity contribution in [3.05, 3.63) is 65.9 Å². The van der Waals surface area contributed by atoms with Gasteiger partial charge in [0.1, 0.15) is 5.69 Å². The van der Waals surface area contributed by atoms with Gasteiger partial charge in [0.15, 0.2) is 5.56 Å². The number of nitrogens with one attached hydrogen (secondary N) is 1. The minimum atomic E-state index is -1.27. The lowest BCUT2D eigenvalue weighted by molar-refractivity contribution is 0.0698. The standard InChI is InChI=1S/C16H11N3O4/c20-14(10-6-2-1-3-7-10)18-15-12(16(21)22)13(19-23-15)11-8-4-5-9-17-11/h1-9H,(H,18,20)(H,21,22). The predicted molar refractivity (Wildman–Crippen MR) is 81.1 cm³/mol. The molecule has 2 heterocycles. The number of aromatic carboxylic acids is 1. The first-order valence-electron chi connectivity index (χ1n) is 6.67. The van der Waals surface area contributed by atoms with Crippen LogP contribution in [0, 0.1) is 0 Å². The number of benzene rings is 1. The lowest BCUT2D eigenvalue weighted by Gasteiger charge is -2.02. The van der Waals surface area contributed by atoms with Gasteiger partial charge in [-0.25, -0.2) is 4.79 Å². The Morgan fingerprint density at radius 3 is 2.43 bits per heavy atom. The zero-order valence-corrected chi connectivity index (χ0v) is 11.8. The molecular weight excluding hydrogens is 298 g/mol. The third-order valence-corrected chi connectivity index (χ3v) is 3.08. The normalized spacial score (nSPS) is 10.3. The van der Waals surface area contributed by atoms with Crippen LogP contribution in [-0.4, -0.2) is 27.1 Å². The van der Waals surface area contributed by atoms with Gasteiger partial charge in [0.2, 0.25) is 5.88 Å². The lowest BCUT2D eigenvalue weighted by atomic mass is 10.1. The molecule has 0 spiro atoms. The van der Waals surface area contributed by atoms with Gasteiger partial charge < -0.3 is 9.63 Å². The van der Waals surface area contributed by atoms with Crippen molar-refractivity contribution in [2.75, 3.05) is 5.32 Å². The van der Waals surface area contributed by atoms with E-state index in [0.717, 1.165) is 0 Å². The molecule has 0 aliphatic carbocycles. The van der Waals surface area contributed by atoms with Crippen molar-refractivity contribution < 1.29 is 19.2 Å². The third-order valence-electron chi connectivity index (χ3n) is 3.08. The Morgan fingerprint density at radius 1 is 1.04 bits per heavy atom. The van der Waals surface area contributed by atoms with Crippen molar-refractivity contribution in [2.45, 2.75) is 0 Å². The summed E-state index contributed by atoms with van der Waals surface area (Å²) < 4.78 is 5.00. The largest absolute Gasteiger partial charge is 0.477 e. The van der Waals surface area contributed by atoms with E-state index in [-0.39, 0.29) is 17.1 Å². The van der Waals surface area contributed by atoms with E-state index in [9.17, 15) is 14.7 Å². The summed E-state index contributed by atoms with van der Waals surface area (Å²) in [6.07, 6.45) is 1.51. The summed E-state index contributed by atoms with van der Waals surface area (Å²) in [5.41, 5.74) is 0.530. The number of rotatable bonds is 4. The highest BCUT2D eigenvalue weighted by Gasteiger charge is 2.25. The Kier molecular flexibility index (Phi) is 3.84. The van der Waals surface area contributed by atoms with Crippen LogP contribution < -0.4 is 5.32 Å². The number of amides is 1. The van der Waals surface area contributed by atoms with Crippen LogP contribution in [0.2, 0.25) is 0 Å². The summed E-state index contributed by atoms with van der Waals surface area (Å²) in [5, 5.41) is 15.5. The minimum Gasteiger partial charge on any atom is -0.477 e. The summed E-state index contributed by atoms with van der Waals surface area (Å²) >= 11 is 0. The number of nitrogens with zero attached hydrogens (tertiary/aromatic N) is 2. The van der Waals surface area contributed by atoms with Gasteiger partial charge in [-0.1, -0.05) is 29.4 Å². The van der Waals surface area contributed by atoms with Crippen LogP contribution in [-0.2, 0) is 0 Å². The van der Waals surface area contributed by atoms with Crippen LogP contribution in [0.25, 0.3) is 11.4 Å². The smallest absolute Gasteiger partial charge is 0.343 e. The number of carboxylic acids is 1. The maximum Gasteiger partial charge on any atom is 0.343 e. The van der Waals surface area contributed by atoms with Crippen LogP contribution in [0.1, 0.15) is 20.7 Å². The second-order valence-electron chi connectivity index (χ2n) is 4.58. The van der Waals surface area contributed by atoms with Crippen LogP contribution >= 0.6 is 0 Å². The van der Waals surface area contributed by atoms with Crippen LogP contribution in [0.15, 0.2) is 59.3 Å². The van der Waals surface area contributed by atoms with Gasteiger partial charge in [-0.2, -0.15) is 0 Å². The number of hydrogen-bond acceptors (Lipinski definition) is 5. The van der Waals surface area contributed by atoms with Crippen molar-refractivity contribution in [1.82, 2.24) is 10.1 Å². The van der Waals surface area contributed by atoms with E-state index in [0.29, 0.717) is 11.3 Å². The average molecular weight is 309 g/mol. The molecule has 23 heavy (non-hydrogen) atoms. The summed E-state index contributed by atoms with van der Waals surface area (Å²) in [6, 6.07) is 13.4. The first kappa shape index (κ1) is 14.5. The van der Waals surface area contributed by atoms with Gasteiger partial charge in [0.25, 0.3) is 5.91 Å². The SMILES string of the molecule is O=C(Nc1onc(-c2ccccn2)c1C(=O)O)c1ccccc1. The highest BCUT2D eigenvalue weighted by atomic mass is 16.5. The Morgan fingerprint density at radius 2 is 1.78 bits per heavy atom. The van der Waals surface area contributed by atoms with Crippen LogP contribution in [0.5, 0.6) is 0 Å². The Hall–Kier alpha value is -3.48. The molecule has 2 aromatic heterocycles. The van der Waals surface area contributed by atoms with E-state index in [4.69, 9.17) is 4.52 Å². The van der Waals surface area contributed by atoms with E-state index < -0.39 is 11.9 Å². The van der Waals surface area contributed by atoms with Gasteiger partial charge in [-0.15, -0.1) is 0 Å². The van der Waals surface area contributed by atoms with Gasteiger partial charge in [0, 0.05) is 11.8 Å². The molecule has 7 heteroatoms. The Labute approximate surface area is 130 Å². The number of carbonyl (C=O) groups excluding carboxylic acids is 1. The maximum atomic E-state index is 12.1. The minimum absolute atomic E-state index is 0.0569. The molecule has 0 radical (unpaired) electrons. The van der Waals surface area contributed by atoms with E-state index in [1.165, 1.54) is 6.20 Å². The van der Waals surface area contributed by atoms with Gasteiger partial charge in [-0.3, -0.25) is 15.1 Å². The molecule has 0 fully saturated rings. The van der Waals surface area contributed by atoms with Gasteiger partial charge in [-0.05, 0) is 24.3 Å². The molecule has 0 bridgehead atoms. The molecule has 0 aliphatic heterocycles. The molecule has 1 aromatic carbocycles. The van der Waals surface area contributed by atoms with Crippen molar-refractivity contribution in [3.63, 3.8) is 0 Å². The highest BCUT2D eigenvalue weighted by Crippen LogP contribution is 2.27. The predicted octanol–water partition coefficient (Wildman–Crippen LogP) is 2.69. The molecule has 0 unspecified atom stereocenters. The highest BCUT2D eigenvalue weighted by molar-refractivity contribution is 6.08. The monoisotopic (exact) mass is 309 g/mol. The molecule has 3 rings (SSSR count). The summed E-state index contributed by atoms with van der Waals surface area (Å²) in [5.74, 6) is -1.99. The first-order valence-corrected chi connectivity index (χ1v) is 6.67. The van der Waals surface area contributed by atoms with E-state index >= 15 is 0 Å². The topological polar surface area (TPSA) is 105 Å². The van der Waals surface area contributed by atoms with Crippen LogP contribution in [0.4, 0.5) is 5.88 Å². The quantitative estimate of drug-likeness (QED) is 0.767. The number of anilines is 1. The fraction of sp³-hybridized carbons (Fsp3) is 0. The molecule has 0 saturated heterocycles. The Balaban J connectivity index is 1.96. The summed E-state index contributed by atoms with van der Waals surface area (Å²) in [7, 11) is 0. The second kappa shape index (κ2) is 6.10. The van der Waals surface area contributed by atoms with Crippen LogP contribution in [0.3, 0.4) is 0 Å². The van der Waals surface area contributed by atoms with Crippen molar-refractivity contribution >= 4 is 17.8 Å². The number of hydrogen-bond donors (Lipinski definition) is 2. The Bertz CT molecular complexity index is 844. The lowest BCUT2D eigenvalue weighted by Crippen LogP contribution is -2.13. The zero-order chi connectivity index (χ0) is 16.2. The zero-order valence-electron chi connectivity index (χ0n) is 11.8. The molecule has 0 aliphatic rings. The second-order valence-corrected chi connectivity index (χ2v) is 4.58. The fourth-order valence-electron chi connectivity index (χ4n) is 2.02. The number of carboxylic acid groups (broad SMARTS) is 1. The number of pyridine rings is 1. The molecule has 114 valence electrons. The maximum absolute atomic E-state index is 12.1. The molecule has 0 saturated carbocycles. The number of carbonyl (C=O) groups is 2. The molecule has 1 amide bonds. The average Bonchev–Trinajstić information content (AvgIpc) is 3.00. The molecule has 7 nitrogen and oxygen atoms in total. The molecule has 3 aromatic rings. The van der Waals surface area contributed by atoms with Gasteiger partial charge in [0.05, 0.1) is 5.69 Å².